The molecule has 0 radical (unpaired) electrons. The molecule has 2 rings (SSSR count). The van der Waals surface area contributed by atoms with Crippen LogP contribution < -0.4 is 5.32 Å². The molecular weight excluding hydrogens is 208 g/mol. The molecule has 0 aromatic rings. The third-order valence-corrected chi connectivity index (χ3v) is 3.18. The number of carbonyl (C=O) groups is 3. The van der Waals surface area contributed by atoms with Crippen molar-refractivity contribution in [3.63, 3.8) is 0 Å². The van der Waals surface area contributed by atoms with Gasteiger partial charge in [0, 0.05) is 7.05 Å². The summed E-state index contributed by atoms with van der Waals surface area (Å²) in [5, 5.41) is 2.41. The van der Waals surface area contributed by atoms with Gasteiger partial charge in [-0.25, -0.2) is 0 Å². The minimum atomic E-state index is -0.312. The first kappa shape index (κ1) is 10.9. The first-order chi connectivity index (χ1) is 7.65. The molecule has 1 N–H and O–H groups in total. The summed E-state index contributed by atoms with van der Waals surface area (Å²) in [6, 6.07) is 0. The zero-order valence-electron chi connectivity index (χ0n) is 9.10. The van der Waals surface area contributed by atoms with Crippen molar-refractivity contribution in [2.24, 2.45) is 11.8 Å². The van der Waals surface area contributed by atoms with E-state index in [1.165, 1.54) is 7.05 Å². The Kier molecular flexibility index (Phi) is 2.77. The maximum Gasteiger partial charge on any atom is 0.239 e. The monoisotopic (exact) mass is 222 g/mol. The molecule has 0 unspecified atom stereocenters. The summed E-state index contributed by atoms with van der Waals surface area (Å²) in [5.74, 6) is -1.22. The summed E-state index contributed by atoms with van der Waals surface area (Å²) in [4.78, 5) is 36.1. The van der Waals surface area contributed by atoms with Crippen LogP contribution >= 0.6 is 0 Å². The molecule has 0 spiro atoms. The lowest BCUT2D eigenvalue weighted by Gasteiger charge is -2.14. The van der Waals surface area contributed by atoms with Crippen LogP contribution in [0.25, 0.3) is 0 Å². The molecule has 5 heteroatoms. The molecule has 0 aromatic carbocycles. The Labute approximate surface area is 93.5 Å². The van der Waals surface area contributed by atoms with Gasteiger partial charge >= 0.3 is 0 Å². The highest BCUT2D eigenvalue weighted by Gasteiger charge is 2.47. The highest BCUT2D eigenvalue weighted by Crippen LogP contribution is 2.34. The molecule has 1 heterocycles. The van der Waals surface area contributed by atoms with Crippen molar-refractivity contribution >= 4 is 17.7 Å². The molecule has 1 fully saturated rings. The second kappa shape index (κ2) is 4.08. The van der Waals surface area contributed by atoms with E-state index in [2.05, 4.69) is 5.32 Å². The van der Waals surface area contributed by atoms with E-state index in [1.54, 1.807) is 0 Å². The predicted octanol–water partition coefficient (Wildman–Crippen LogP) is -0.316. The van der Waals surface area contributed by atoms with E-state index < -0.39 is 0 Å². The SMILES string of the molecule is CNC(=O)CN1C(=O)[C@@H]2CC=CC[C@H]2C1=O. The van der Waals surface area contributed by atoms with E-state index in [9.17, 15) is 14.4 Å². The second-order valence-electron chi connectivity index (χ2n) is 4.09. The number of likely N-dealkylation sites (tertiary alicyclic amines) is 1. The van der Waals surface area contributed by atoms with Gasteiger partial charge in [-0.05, 0) is 12.8 Å². The number of allylic oxidation sites excluding steroid dienone is 2. The Morgan fingerprint density at radius 3 is 2.25 bits per heavy atom. The zero-order valence-corrected chi connectivity index (χ0v) is 9.10. The van der Waals surface area contributed by atoms with Crippen molar-refractivity contribution in [3.8, 4) is 0 Å². The summed E-state index contributed by atoms with van der Waals surface area (Å²) in [5.41, 5.74) is 0. The fraction of sp³-hybridized carbons (Fsp3) is 0.545. The van der Waals surface area contributed by atoms with Crippen LogP contribution in [-0.4, -0.2) is 36.2 Å². The van der Waals surface area contributed by atoms with Gasteiger partial charge in [-0.15, -0.1) is 0 Å². The van der Waals surface area contributed by atoms with Crippen LogP contribution in [0.4, 0.5) is 0 Å². The van der Waals surface area contributed by atoms with Gasteiger partial charge in [0.2, 0.25) is 17.7 Å². The Balaban J connectivity index is 2.14. The molecule has 1 saturated heterocycles. The van der Waals surface area contributed by atoms with Gasteiger partial charge in [0.05, 0.1) is 11.8 Å². The van der Waals surface area contributed by atoms with E-state index in [0.717, 1.165) is 4.90 Å². The van der Waals surface area contributed by atoms with Gasteiger partial charge < -0.3 is 5.32 Å². The van der Waals surface area contributed by atoms with E-state index in [0.29, 0.717) is 12.8 Å². The quantitative estimate of drug-likeness (QED) is 0.514. The number of fused-ring (bicyclic) bond motifs is 1. The van der Waals surface area contributed by atoms with Crippen molar-refractivity contribution in [2.75, 3.05) is 13.6 Å². The van der Waals surface area contributed by atoms with Crippen molar-refractivity contribution in [1.82, 2.24) is 10.2 Å². The number of imide groups is 1. The fourth-order valence-corrected chi connectivity index (χ4v) is 2.25. The Morgan fingerprint density at radius 1 is 1.31 bits per heavy atom. The molecule has 0 bridgehead atoms. The normalized spacial score (nSPS) is 28.2. The summed E-state index contributed by atoms with van der Waals surface area (Å²) >= 11 is 0. The third kappa shape index (κ3) is 1.62. The van der Waals surface area contributed by atoms with Crippen LogP contribution in [0.3, 0.4) is 0 Å². The maximum atomic E-state index is 11.9. The standard InChI is InChI=1S/C11H14N2O3/c1-12-9(14)6-13-10(15)7-4-2-3-5-8(7)11(13)16/h2-3,7-8H,4-6H2,1H3,(H,12,14)/t7-,8-/m1/s1. The van der Waals surface area contributed by atoms with Crippen LogP contribution in [0.2, 0.25) is 0 Å². The first-order valence-corrected chi connectivity index (χ1v) is 5.36. The summed E-state index contributed by atoms with van der Waals surface area (Å²) in [6.07, 6.45) is 5.07. The summed E-state index contributed by atoms with van der Waals surface area (Å²) in [6.45, 7) is -0.152. The molecule has 2 aliphatic rings. The van der Waals surface area contributed by atoms with Crippen LogP contribution in [0.5, 0.6) is 0 Å². The van der Waals surface area contributed by atoms with E-state index in [1.807, 2.05) is 12.2 Å². The van der Waals surface area contributed by atoms with Crippen molar-refractivity contribution in [2.45, 2.75) is 12.8 Å². The summed E-state index contributed by atoms with van der Waals surface area (Å²) in [7, 11) is 1.49. The topological polar surface area (TPSA) is 66.5 Å². The van der Waals surface area contributed by atoms with Gasteiger partial charge in [-0.3, -0.25) is 19.3 Å². The molecule has 0 aromatic heterocycles. The number of nitrogens with one attached hydrogen (secondary N) is 1. The molecular formula is C11H14N2O3. The Bertz CT molecular complexity index is 349. The average Bonchev–Trinajstić information content (AvgIpc) is 2.55. The number of nitrogens with zero attached hydrogens (tertiary/aromatic N) is 1. The molecule has 0 saturated carbocycles. The molecule has 86 valence electrons. The van der Waals surface area contributed by atoms with Gasteiger partial charge in [-0.1, -0.05) is 12.2 Å². The molecule has 1 aliphatic heterocycles. The Morgan fingerprint density at radius 2 is 1.81 bits per heavy atom. The van der Waals surface area contributed by atoms with Crippen LogP contribution in [-0.2, 0) is 14.4 Å². The van der Waals surface area contributed by atoms with E-state index in [-0.39, 0.29) is 36.1 Å². The van der Waals surface area contributed by atoms with Gasteiger partial charge in [0.25, 0.3) is 0 Å². The fourth-order valence-electron chi connectivity index (χ4n) is 2.25. The average molecular weight is 222 g/mol. The van der Waals surface area contributed by atoms with E-state index >= 15 is 0 Å². The third-order valence-electron chi connectivity index (χ3n) is 3.18. The van der Waals surface area contributed by atoms with Crippen molar-refractivity contribution in [3.05, 3.63) is 12.2 Å². The maximum absolute atomic E-state index is 11.9. The van der Waals surface area contributed by atoms with Crippen LogP contribution in [0.1, 0.15) is 12.8 Å². The van der Waals surface area contributed by atoms with Crippen molar-refractivity contribution < 1.29 is 14.4 Å². The first-order valence-electron chi connectivity index (χ1n) is 5.36. The molecule has 5 nitrogen and oxygen atoms in total. The van der Waals surface area contributed by atoms with Gasteiger partial charge in [0.15, 0.2) is 0 Å². The predicted molar refractivity (Wildman–Crippen MR) is 56.1 cm³/mol. The molecule has 16 heavy (non-hydrogen) atoms. The van der Waals surface area contributed by atoms with E-state index in [4.69, 9.17) is 0 Å². The van der Waals surface area contributed by atoms with Crippen molar-refractivity contribution in [1.29, 1.82) is 0 Å². The lowest BCUT2D eigenvalue weighted by atomic mass is 9.85. The molecule has 3 amide bonds. The number of hydrogen-bond donors (Lipinski definition) is 1. The highest BCUT2D eigenvalue weighted by molar-refractivity contribution is 6.07. The van der Waals surface area contributed by atoms with Gasteiger partial charge in [-0.2, -0.15) is 0 Å². The lowest BCUT2D eigenvalue weighted by Crippen LogP contribution is -2.39. The smallest absolute Gasteiger partial charge is 0.239 e. The number of likely N-dealkylation sites (N-methyl/N-ethyl adjacent to an activating group) is 1. The minimum Gasteiger partial charge on any atom is -0.358 e. The van der Waals surface area contributed by atoms with Gasteiger partial charge in [0.1, 0.15) is 6.54 Å². The number of hydrogen-bond acceptors (Lipinski definition) is 3. The second-order valence-corrected chi connectivity index (χ2v) is 4.09. The Hall–Kier alpha value is -1.65. The largest absolute Gasteiger partial charge is 0.358 e. The lowest BCUT2D eigenvalue weighted by molar-refractivity contribution is -0.143. The minimum absolute atomic E-state index is 0.152. The number of amides is 3. The molecule has 1 aliphatic carbocycles. The molecule has 2 atom stereocenters. The zero-order chi connectivity index (χ0) is 11.7. The highest BCUT2D eigenvalue weighted by atomic mass is 16.2. The van der Waals surface area contributed by atoms with Crippen LogP contribution in [0.15, 0.2) is 12.2 Å². The number of rotatable bonds is 2. The summed E-state index contributed by atoms with van der Waals surface area (Å²) < 4.78 is 0. The van der Waals surface area contributed by atoms with Crippen LogP contribution in [0, 0.1) is 11.8 Å². The number of carbonyl (C=O) groups excluding carboxylic acids is 3.